The van der Waals surface area contributed by atoms with Crippen LogP contribution in [0.25, 0.3) is 0 Å². The van der Waals surface area contributed by atoms with E-state index in [9.17, 15) is 0 Å². The molecule has 1 aromatic rings. The van der Waals surface area contributed by atoms with Crippen LogP contribution in [0, 0.1) is 11.8 Å². The topological polar surface area (TPSA) is 9.23 Å². The molecule has 1 heteroatoms. The summed E-state index contributed by atoms with van der Waals surface area (Å²) in [5.74, 6) is 7.23. The molecule has 0 N–H and O–H groups in total. The molecule has 0 heterocycles. The first-order valence-corrected chi connectivity index (χ1v) is 5.23. The second-order valence-corrected chi connectivity index (χ2v) is 3.24. The monoisotopic (exact) mass is 200 g/mol. The van der Waals surface area contributed by atoms with Crippen LogP contribution in [0.5, 0.6) is 5.75 Å². The van der Waals surface area contributed by atoms with Crippen LogP contribution in [-0.2, 0) is 0 Å². The molecule has 15 heavy (non-hydrogen) atoms. The molecular formula is C14H16O. The van der Waals surface area contributed by atoms with Crippen LogP contribution < -0.4 is 4.74 Å². The lowest BCUT2D eigenvalue weighted by atomic mass is 10.2. The molecule has 0 aromatic heterocycles. The van der Waals surface area contributed by atoms with E-state index in [1.54, 1.807) is 0 Å². The van der Waals surface area contributed by atoms with E-state index >= 15 is 0 Å². The predicted octanol–water partition coefficient (Wildman–Crippen LogP) is 3.77. The minimum absolute atomic E-state index is 0.511. The van der Waals surface area contributed by atoms with Gasteiger partial charge >= 0.3 is 0 Å². The zero-order valence-electron chi connectivity index (χ0n) is 9.12. The summed E-state index contributed by atoms with van der Waals surface area (Å²) in [4.78, 5) is 0. The van der Waals surface area contributed by atoms with Gasteiger partial charge in [0.1, 0.15) is 5.75 Å². The average molecular weight is 200 g/mol. The minimum atomic E-state index is 0.511. The molecule has 0 fully saturated rings. The zero-order valence-corrected chi connectivity index (χ0v) is 9.12. The molecule has 0 aliphatic rings. The normalized spacial score (nSPS) is 8.87. The molecule has 0 spiro atoms. The summed E-state index contributed by atoms with van der Waals surface area (Å²) < 4.78 is 5.43. The van der Waals surface area contributed by atoms with E-state index in [1.807, 2.05) is 30.3 Å². The van der Waals surface area contributed by atoms with Crippen molar-refractivity contribution in [2.45, 2.75) is 26.2 Å². The van der Waals surface area contributed by atoms with E-state index in [0.29, 0.717) is 5.76 Å². The van der Waals surface area contributed by atoms with Crippen molar-refractivity contribution in [3.63, 3.8) is 0 Å². The third kappa shape index (κ3) is 4.93. The van der Waals surface area contributed by atoms with Crippen molar-refractivity contribution in [3.8, 4) is 17.6 Å². The van der Waals surface area contributed by atoms with Gasteiger partial charge in [0, 0.05) is 6.42 Å². The Kier molecular flexibility index (Phi) is 5.11. The number of para-hydroxylation sites is 1. The van der Waals surface area contributed by atoms with Gasteiger partial charge < -0.3 is 4.74 Å². The standard InChI is InChI=1S/C14H16O/c1-3-4-5-7-10-13(2)15-14-11-8-6-9-12-14/h6,8-9,11-12H,2-5H2,1H3. The Morgan fingerprint density at radius 1 is 1.33 bits per heavy atom. The van der Waals surface area contributed by atoms with E-state index in [2.05, 4.69) is 25.3 Å². The van der Waals surface area contributed by atoms with Gasteiger partial charge in [-0.2, -0.15) is 0 Å². The van der Waals surface area contributed by atoms with Gasteiger partial charge in [-0.05, 0) is 31.1 Å². The molecule has 0 saturated carbocycles. The van der Waals surface area contributed by atoms with E-state index in [0.717, 1.165) is 18.6 Å². The molecular weight excluding hydrogens is 184 g/mol. The van der Waals surface area contributed by atoms with Gasteiger partial charge in [-0.3, -0.25) is 0 Å². The molecule has 78 valence electrons. The number of benzene rings is 1. The van der Waals surface area contributed by atoms with Crippen molar-refractivity contribution >= 4 is 0 Å². The van der Waals surface area contributed by atoms with Gasteiger partial charge in [-0.15, -0.1) is 0 Å². The number of ether oxygens (including phenoxy) is 1. The van der Waals surface area contributed by atoms with Gasteiger partial charge in [-0.1, -0.05) is 37.5 Å². The van der Waals surface area contributed by atoms with E-state index in [4.69, 9.17) is 4.74 Å². The highest BCUT2D eigenvalue weighted by atomic mass is 16.5. The molecule has 0 saturated heterocycles. The molecule has 1 aromatic carbocycles. The third-order valence-corrected chi connectivity index (χ3v) is 1.87. The number of allylic oxidation sites excluding steroid dienone is 1. The number of hydrogen-bond donors (Lipinski definition) is 0. The van der Waals surface area contributed by atoms with Crippen molar-refractivity contribution in [1.29, 1.82) is 0 Å². The average Bonchev–Trinajstić information content (AvgIpc) is 2.26. The van der Waals surface area contributed by atoms with Crippen molar-refractivity contribution in [2.24, 2.45) is 0 Å². The first kappa shape index (κ1) is 11.4. The van der Waals surface area contributed by atoms with Gasteiger partial charge in [0.15, 0.2) is 5.76 Å². The smallest absolute Gasteiger partial charge is 0.170 e. The van der Waals surface area contributed by atoms with E-state index < -0.39 is 0 Å². The van der Waals surface area contributed by atoms with Crippen LogP contribution >= 0.6 is 0 Å². The van der Waals surface area contributed by atoms with Crippen molar-refractivity contribution in [2.75, 3.05) is 0 Å². The fraction of sp³-hybridized carbons (Fsp3) is 0.286. The molecule has 1 nitrogen and oxygen atoms in total. The van der Waals surface area contributed by atoms with Gasteiger partial charge in [0.05, 0.1) is 0 Å². The van der Waals surface area contributed by atoms with Crippen LogP contribution in [0.1, 0.15) is 26.2 Å². The number of hydrogen-bond acceptors (Lipinski definition) is 1. The van der Waals surface area contributed by atoms with Gasteiger partial charge in [0.2, 0.25) is 0 Å². The second-order valence-electron chi connectivity index (χ2n) is 3.24. The van der Waals surface area contributed by atoms with Crippen LogP contribution in [-0.4, -0.2) is 0 Å². The highest BCUT2D eigenvalue weighted by Gasteiger charge is 1.91. The van der Waals surface area contributed by atoms with E-state index in [1.165, 1.54) is 6.42 Å². The highest BCUT2D eigenvalue weighted by Crippen LogP contribution is 2.11. The Morgan fingerprint density at radius 2 is 2.07 bits per heavy atom. The van der Waals surface area contributed by atoms with Crippen LogP contribution in [0.15, 0.2) is 42.7 Å². The SMILES string of the molecule is C=C(C#CCCCC)Oc1ccccc1. The largest absolute Gasteiger partial charge is 0.449 e. The first-order chi connectivity index (χ1) is 7.33. The summed E-state index contributed by atoms with van der Waals surface area (Å²) in [7, 11) is 0. The highest BCUT2D eigenvalue weighted by molar-refractivity contribution is 5.28. The molecule has 0 aliphatic carbocycles. The fourth-order valence-electron chi connectivity index (χ4n) is 1.08. The molecule has 0 bridgehead atoms. The molecule has 0 atom stereocenters. The Labute approximate surface area is 91.8 Å². The molecule has 0 amide bonds. The maximum atomic E-state index is 5.43. The minimum Gasteiger partial charge on any atom is -0.449 e. The third-order valence-electron chi connectivity index (χ3n) is 1.87. The molecule has 0 radical (unpaired) electrons. The summed E-state index contributed by atoms with van der Waals surface area (Å²) in [6.45, 7) is 5.90. The van der Waals surface area contributed by atoms with Gasteiger partial charge in [0.25, 0.3) is 0 Å². The Bertz CT molecular complexity index is 354. The van der Waals surface area contributed by atoms with Crippen LogP contribution in [0.3, 0.4) is 0 Å². The summed E-state index contributed by atoms with van der Waals surface area (Å²) in [5.41, 5.74) is 0. The second kappa shape index (κ2) is 6.73. The molecule has 0 unspecified atom stereocenters. The van der Waals surface area contributed by atoms with Crippen molar-refractivity contribution < 1.29 is 4.74 Å². The summed E-state index contributed by atoms with van der Waals surface area (Å²) >= 11 is 0. The maximum Gasteiger partial charge on any atom is 0.170 e. The summed E-state index contributed by atoms with van der Waals surface area (Å²) in [6.07, 6.45) is 3.21. The molecule has 1 rings (SSSR count). The number of unbranched alkanes of at least 4 members (excludes halogenated alkanes) is 2. The summed E-state index contributed by atoms with van der Waals surface area (Å²) in [6, 6.07) is 9.57. The van der Waals surface area contributed by atoms with Crippen LogP contribution in [0.4, 0.5) is 0 Å². The maximum absolute atomic E-state index is 5.43. The Morgan fingerprint density at radius 3 is 2.73 bits per heavy atom. The lowest BCUT2D eigenvalue weighted by Crippen LogP contribution is -1.89. The van der Waals surface area contributed by atoms with Gasteiger partial charge in [-0.25, -0.2) is 0 Å². The quantitative estimate of drug-likeness (QED) is 0.408. The van der Waals surface area contributed by atoms with Crippen molar-refractivity contribution in [1.82, 2.24) is 0 Å². The molecule has 0 aliphatic heterocycles. The Balaban J connectivity index is 2.38. The first-order valence-electron chi connectivity index (χ1n) is 5.23. The lowest BCUT2D eigenvalue weighted by molar-refractivity contribution is 0.452. The Hall–Kier alpha value is -1.68. The summed E-state index contributed by atoms with van der Waals surface area (Å²) in [5, 5.41) is 0. The lowest BCUT2D eigenvalue weighted by Gasteiger charge is -2.01. The van der Waals surface area contributed by atoms with Crippen molar-refractivity contribution in [3.05, 3.63) is 42.7 Å². The zero-order chi connectivity index (χ0) is 10.9. The van der Waals surface area contributed by atoms with Crippen LogP contribution in [0.2, 0.25) is 0 Å². The number of rotatable bonds is 4. The van der Waals surface area contributed by atoms with E-state index in [-0.39, 0.29) is 0 Å². The fourth-order valence-corrected chi connectivity index (χ4v) is 1.08. The predicted molar refractivity (Wildman–Crippen MR) is 63.5 cm³/mol.